The van der Waals surface area contributed by atoms with Gasteiger partial charge in [0.1, 0.15) is 0 Å². The van der Waals surface area contributed by atoms with Gasteiger partial charge in [0.05, 0.1) is 0 Å². The van der Waals surface area contributed by atoms with Crippen LogP contribution in [0.4, 0.5) is 0 Å². The van der Waals surface area contributed by atoms with Crippen molar-refractivity contribution in [1.29, 1.82) is 0 Å². The summed E-state index contributed by atoms with van der Waals surface area (Å²) < 4.78 is 0. The van der Waals surface area contributed by atoms with Gasteiger partial charge in [0, 0.05) is 0 Å². The highest BCUT2D eigenvalue weighted by Crippen LogP contribution is 2.20. The third-order valence-corrected chi connectivity index (χ3v) is 2.24. The second-order valence-corrected chi connectivity index (χ2v) is 3.98. The number of hydrogen-bond donors (Lipinski definition) is 1. The summed E-state index contributed by atoms with van der Waals surface area (Å²) >= 11 is 0. The lowest BCUT2D eigenvalue weighted by Gasteiger charge is -2.09. The predicted octanol–water partition coefficient (Wildman–Crippen LogP) is 4.10. The van der Waals surface area contributed by atoms with Crippen molar-refractivity contribution in [3.8, 4) is 0 Å². The summed E-state index contributed by atoms with van der Waals surface area (Å²) in [6.45, 7) is 8.94. The van der Waals surface area contributed by atoms with E-state index < -0.39 is 0 Å². The first-order chi connectivity index (χ1) is 5.61. The van der Waals surface area contributed by atoms with Crippen molar-refractivity contribution in [2.75, 3.05) is 0 Å². The first-order valence-electron chi connectivity index (χ1n) is 4.71. The molecule has 0 aromatic heterocycles. The molecule has 0 radical (unpaired) electrons. The van der Waals surface area contributed by atoms with E-state index in [2.05, 4.69) is 52.0 Å². The van der Waals surface area contributed by atoms with Gasteiger partial charge in [-0.25, -0.2) is 0 Å². The molecule has 0 saturated carbocycles. The lowest BCUT2D eigenvalue weighted by Crippen LogP contribution is -1.91. The number of hydrogen-bond acceptors (Lipinski definition) is 1. The Bertz CT molecular complexity index is 228. The summed E-state index contributed by atoms with van der Waals surface area (Å²) in [5.74, 6) is 1.28. The molecule has 1 rings (SSSR count). The van der Waals surface area contributed by atoms with Crippen LogP contribution >= 0.6 is 0 Å². The average molecular weight is 179 g/mol. The van der Waals surface area contributed by atoms with E-state index in [0.717, 1.165) is 0 Å². The molecule has 0 amide bonds. The second-order valence-electron chi connectivity index (χ2n) is 3.98. The van der Waals surface area contributed by atoms with E-state index in [9.17, 15) is 0 Å². The molecule has 0 unspecified atom stereocenters. The van der Waals surface area contributed by atoms with Crippen LogP contribution in [0.3, 0.4) is 0 Å². The molecule has 0 saturated heterocycles. The van der Waals surface area contributed by atoms with Crippen molar-refractivity contribution < 1.29 is 0 Å². The Kier molecular flexibility index (Phi) is 4.71. The van der Waals surface area contributed by atoms with E-state index in [-0.39, 0.29) is 6.15 Å². The fraction of sp³-hybridized carbons (Fsp3) is 0.500. The van der Waals surface area contributed by atoms with Gasteiger partial charge in [-0.2, -0.15) is 0 Å². The molecule has 0 aliphatic heterocycles. The van der Waals surface area contributed by atoms with Gasteiger partial charge in [0.2, 0.25) is 0 Å². The van der Waals surface area contributed by atoms with Gasteiger partial charge in [0.15, 0.2) is 0 Å². The molecule has 74 valence electrons. The van der Waals surface area contributed by atoms with E-state index in [1.165, 1.54) is 11.1 Å². The van der Waals surface area contributed by atoms with Gasteiger partial charge in [0.25, 0.3) is 0 Å². The normalized spacial score (nSPS) is 10.3. The molecule has 13 heavy (non-hydrogen) atoms. The lowest BCUT2D eigenvalue weighted by molar-refractivity contribution is 0.834. The third kappa shape index (κ3) is 3.19. The quantitative estimate of drug-likeness (QED) is 0.729. The molecular weight excluding hydrogens is 158 g/mol. The predicted molar refractivity (Wildman–Crippen MR) is 59.6 cm³/mol. The zero-order valence-corrected chi connectivity index (χ0v) is 9.17. The molecule has 3 N–H and O–H groups in total. The Morgan fingerprint density at radius 3 is 1.54 bits per heavy atom. The van der Waals surface area contributed by atoms with Crippen molar-refractivity contribution in [1.82, 2.24) is 6.15 Å². The van der Waals surface area contributed by atoms with Crippen molar-refractivity contribution in [2.24, 2.45) is 0 Å². The third-order valence-electron chi connectivity index (χ3n) is 2.24. The van der Waals surface area contributed by atoms with Gasteiger partial charge in [-0.1, -0.05) is 52.0 Å². The monoisotopic (exact) mass is 179 g/mol. The van der Waals surface area contributed by atoms with Gasteiger partial charge in [-0.15, -0.1) is 0 Å². The Hall–Kier alpha value is -0.820. The Balaban J connectivity index is 0.00000144. The smallest absolute Gasteiger partial charge is 0.0219 e. The fourth-order valence-corrected chi connectivity index (χ4v) is 1.28. The van der Waals surface area contributed by atoms with Gasteiger partial charge in [-0.05, 0) is 23.0 Å². The maximum atomic E-state index is 2.31. The summed E-state index contributed by atoms with van der Waals surface area (Å²) in [4.78, 5) is 0. The molecule has 1 aromatic carbocycles. The Morgan fingerprint density at radius 2 is 1.23 bits per heavy atom. The summed E-state index contributed by atoms with van der Waals surface area (Å²) in [5, 5.41) is 0. The van der Waals surface area contributed by atoms with Gasteiger partial charge >= 0.3 is 0 Å². The minimum Gasteiger partial charge on any atom is -0.344 e. The molecule has 1 aromatic rings. The molecule has 0 bridgehead atoms. The maximum Gasteiger partial charge on any atom is -0.0219 e. The maximum absolute atomic E-state index is 2.31. The average Bonchev–Trinajstić information content (AvgIpc) is 2.04. The SMILES string of the molecule is CC(C)c1cccc(C(C)C)c1.N. The summed E-state index contributed by atoms with van der Waals surface area (Å²) in [6, 6.07) is 8.88. The van der Waals surface area contributed by atoms with Crippen molar-refractivity contribution in [2.45, 2.75) is 39.5 Å². The van der Waals surface area contributed by atoms with Crippen molar-refractivity contribution in [3.05, 3.63) is 35.4 Å². The zero-order valence-electron chi connectivity index (χ0n) is 9.17. The highest BCUT2D eigenvalue weighted by Gasteiger charge is 2.02. The van der Waals surface area contributed by atoms with Crippen molar-refractivity contribution >= 4 is 0 Å². The fourth-order valence-electron chi connectivity index (χ4n) is 1.28. The first kappa shape index (κ1) is 12.2. The van der Waals surface area contributed by atoms with Crippen LogP contribution in [-0.4, -0.2) is 0 Å². The minimum atomic E-state index is 0. The summed E-state index contributed by atoms with van der Waals surface area (Å²) in [5.41, 5.74) is 2.89. The van der Waals surface area contributed by atoms with E-state index in [1.54, 1.807) is 0 Å². The van der Waals surface area contributed by atoms with E-state index in [1.807, 2.05) is 0 Å². The lowest BCUT2D eigenvalue weighted by atomic mass is 9.96. The zero-order chi connectivity index (χ0) is 9.14. The van der Waals surface area contributed by atoms with Crippen LogP contribution in [-0.2, 0) is 0 Å². The van der Waals surface area contributed by atoms with Crippen LogP contribution in [0.5, 0.6) is 0 Å². The van der Waals surface area contributed by atoms with E-state index >= 15 is 0 Å². The molecule has 0 fully saturated rings. The van der Waals surface area contributed by atoms with E-state index in [0.29, 0.717) is 11.8 Å². The van der Waals surface area contributed by atoms with Crippen LogP contribution < -0.4 is 6.15 Å². The number of benzene rings is 1. The molecule has 0 spiro atoms. The molecule has 1 nitrogen and oxygen atoms in total. The molecule has 0 aliphatic carbocycles. The standard InChI is InChI=1S/C12H18.H3N/c1-9(2)11-6-5-7-12(8-11)10(3)4;/h5-10H,1-4H3;1H3. The molecule has 0 aliphatic rings. The minimum absolute atomic E-state index is 0. The Morgan fingerprint density at radius 1 is 0.846 bits per heavy atom. The van der Waals surface area contributed by atoms with Crippen LogP contribution in [0, 0.1) is 0 Å². The summed E-state index contributed by atoms with van der Waals surface area (Å²) in [7, 11) is 0. The first-order valence-corrected chi connectivity index (χ1v) is 4.71. The van der Waals surface area contributed by atoms with Crippen LogP contribution in [0.2, 0.25) is 0 Å². The van der Waals surface area contributed by atoms with Crippen LogP contribution in [0.25, 0.3) is 0 Å². The highest BCUT2D eigenvalue weighted by atomic mass is 14.1. The van der Waals surface area contributed by atoms with E-state index in [4.69, 9.17) is 0 Å². The number of rotatable bonds is 2. The topological polar surface area (TPSA) is 35.0 Å². The molecule has 1 heteroatoms. The Labute approximate surface area is 81.8 Å². The molecule has 0 atom stereocenters. The summed E-state index contributed by atoms with van der Waals surface area (Å²) in [6.07, 6.45) is 0. The van der Waals surface area contributed by atoms with Crippen LogP contribution in [0.15, 0.2) is 24.3 Å². The largest absolute Gasteiger partial charge is 0.344 e. The van der Waals surface area contributed by atoms with Gasteiger partial charge < -0.3 is 6.15 Å². The molecule has 0 heterocycles. The van der Waals surface area contributed by atoms with Crippen LogP contribution in [0.1, 0.15) is 50.7 Å². The second kappa shape index (κ2) is 5.03. The van der Waals surface area contributed by atoms with Gasteiger partial charge in [-0.3, -0.25) is 0 Å². The molecular formula is C12H21N. The van der Waals surface area contributed by atoms with Crippen molar-refractivity contribution in [3.63, 3.8) is 0 Å². The highest BCUT2D eigenvalue weighted by molar-refractivity contribution is 5.27.